The van der Waals surface area contributed by atoms with Gasteiger partial charge in [-0.1, -0.05) is 35.3 Å². The third kappa shape index (κ3) is 6.40. The van der Waals surface area contributed by atoms with Crippen LogP contribution in [-0.2, 0) is 11.3 Å². The molecule has 1 N–H and O–H groups in total. The fourth-order valence-electron chi connectivity index (χ4n) is 2.66. The van der Waals surface area contributed by atoms with Crippen molar-refractivity contribution >= 4 is 46.8 Å². The first-order chi connectivity index (χ1) is 13.3. The maximum Gasteiger partial charge on any atom is 0.253 e. The summed E-state index contributed by atoms with van der Waals surface area (Å²) in [5, 5.41) is 3.40. The van der Waals surface area contributed by atoms with Crippen LogP contribution in [0.4, 0.5) is 4.39 Å². The molecule has 0 saturated carbocycles. The molecule has 1 atom stereocenters. The molecular weight excluding hydrogens is 422 g/mol. The smallest absolute Gasteiger partial charge is 0.253 e. The molecule has 2 rings (SSSR count). The number of rotatable bonds is 8. The number of likely N-dealkylation sites (N-methyl/N-ethyl adjacent to an activating group) is 1. The van der Waals surface area contributed by atoms with Gasteiger partial charge in [0, 0.05) is 18.6 Å². The lowest BCUT2D eigenvalue weighted by Gasteiger charge is -2.25. The first-order valence-corrected chi connectivity index (χ1v) is 10.7. The zero-order chi connectivity index (χ0) is 20.7. The van der Waals surface area contributed by atoms with Gasteiger partial charge in [0.2, 0.25) is 5.91 Å². The van der Waals surface area contributed by atoms with E-state index in [1.807, 2.05) is 6.26 Å². The molecule has 150 valence electrons. The van der Waals surface area contributed by atoms with Crippen molar-refractivity contribution < 1.29 is 14.0 Å². The highest BCUT2D eigenvalue weighted by molar-refractivity contribution is 7.98. The molecule has 8 heteroatoms. The number of benzene rings is 2. The molecule has 0 bridgehead atoms. The number of amides is 2. The van der Waals surface area contributed by atoms with Crippen LogP contribution in [0.15, 0.2) is 42.5 Å². The molecule has 4 nitrogen and oxygen atoms in total. The van der Waals surface area contributed by atoms with E-state index in [0.29, 0.717) is 22.8 Å². The molecule has 2 aromatic rings. The number of nitrogens with zero attached hydrogens (tertiary/aromatic N) is 1. The van der Waals surface area contributed by atoms with E-state index in [-0.39, 0.29) is 28.9 Å². The molecule has 0 saturated heterocycles. The predicted molar refractivity (Wildman–Crippen MR) is 114 cm³/mol. The Morgan fingerprint density at radius 3 is 2.61 bits per heavy atom. The maximum atomic E-state index is 13.4. The summed E-state index contributed by atoms with van der Waals surface area (Å²) in [6, 6.07) is 9.92. The summed E-state index contributed by atoms with van der Waals surface area (Å²) >= 11 is 13.5. The number of thioether (sulfide) groups is 1. The normalized spacial score (nSPS) is 11.8. The van der Waals surface area contributed by atoms with Gasteiger partial charge >= 0.3 is 0 Å². The van der Waals surface area contributed by atoms with E-state index in [4.69, 9.17) is 23.2 Å². The molecule has 0 aliphatic carbocycles. The van der Waals surface area contributed by atoms with Gasteiger partial charge in [-0.15, -0.1) is 0 Å². The molecule has 0 radical (unpaired) electrons. The van der Waals surface area contributed by atoms with Crippen LogP contribution in [0.1, 0.15) is 22.3 Å². The van der Waals surface area contributed by atoms with Crippen molar-refractivity contribution in [3.05, 3.63) is 69.5 Å². The highest BCUT2D eigenvalue weighted by atomic mass is 35.5. The second kappa shape index (κ2) is 10.7. The summed E-state index contributed by atoms with van der Waals surface area (Å²) in [6.45, 7) is 0.240. The van der Waals surface area contributed by atoms with E-state index < -0.39 is 11.9 Å². The van der Waals surface area contributed by atoms with Crippen molar-refractivity contribution in [2.24, 2.45) is 0 Å². The summed E-state index contributed by atoms with van der Waals surface area (Å²) in [7, 11) is 1.63. The summed E-state index contributed by atoms with van der Waals surface area (Å²) in [5.74, 6) is -0.362. The molecule has 2 aromatic carbocycles. The molecular formula is C20H21Cl2FN2O2S. The number of hydrogen-bond donors (Lipinski definition) is 1. The highest BCUT2D eigenvalue weighted by Crippen LogP contribution is 2.21. The minimum Gasteiger partial charge on any atom is -0.340 e. The molecule has 0 aliphatic rings. The van der Waals surface area contributed by atoms with E-state index in [1.54, 1.807) is 37.0 Å². The lowest BCUT2D eigenvalue weighted by Crippen LogP contribution is -2.47. The van der Waals surface area contributed by atoms with Crippen molar-refractivity contribution in [2.75, 3.05) is 19.1 Å². The summed E-state index contributed by atoms with van der Waals surface area (Å²) < 4.78 is 13.4. The van der Waals surface area contributed by atoms with Gasteiger partial charge in [-0.3, -0.25) is 9.59 Å². The molecule has 0 aromatic heterocycles. The van der Waals surface area contributed by atoms with Crippen LogP contribution >= 0.6 is 35.0 Å². The Hall–Kier alpha value is -1.76. The third-order valence-corrected chi connectivity index (χ3v) is 5.27. The highest BCUT2D eigenvalue weighted by Gasteiger charge is 2.25. The zero-order valence-corrected chi connectivity index (χ0v) is 17.9. The van der Waals surface area contributed by atoms with Gasteiger partial charge in [0.15, 0.2) is 0 Å². The largest absolute Gasteiger partial charge is 0.340 e. The van der Waals surface area contributed by atoms with Crippen molar-refractivity contribution in [3.63, 3.8) is 0 Å². The Labute approximate surface area is 178 Å². The predicted octanol–water partition coefficient (Wildman–Crippen LogP) is 4.64. The summed E-state index contributed by atoms with van der Waals surface area (Å²) in [6.07, 6.45) is 2.39. The fourth-order valence-corrected chi connectivity index (χ4v) is 3.62. The van der Waals surface area contributed by atoms with Crippen LogP contribution in [-0.4, -0.2) is 41.8 Å². The Morgan fingerprint density at radius 1 is 1.21 bits per heavy atom. The van der Waals surface area contributed by atoms with E-state index in [1.165, 1.54) is 29.2 Å². The third-order valence-electron chi connectivity index (χ3n) is 4.07. The number of halogens is 3. The Bertz CT molecular complexity index is 851. The standard InChI is InChI=1S/C20H21Cl2FN2O2S/c1-25(12-13-4-3-5-15(23)10-13)20(27)18(8-9-28-2)24-19(26)16-7-6-14(21)11-17(16)22/h3-7,10-11,18H,8-9,12H2,1-2H3,(H,24,26). The Balaban J connectivity index is 2.12. The molecule has 0 spiro atoms. The van der Waals surface area contributed by atoms with Crippen LogP contribution < -0.4 is 5.32 Å². The van der Waals surface area contributed by atoms with E-state index >= 15 is 0 Å². The van der Waals surface area contributed by atoms with E-state index in [2.05, 4.69) is 5.32 Å². The van der Waals surface area contributed by atoms with Crippen molar-refractivity contribution in [2.45, 2.75) is 19.0 Å². The topological polar surface area (TPSA) is 49.4 Å². The molecule has 0 heterocycles. The van der Waals surface area contributed by atoms with Gasteiger partial charge in [0.05, 0.1) is 10.6 Å². The fraction of sp³-hybridized carbons (Fsp3) is 0.300. The molecule has 0 aliphatic heterocycles. The number of hydrogen-bond acceptors (Lipinski definition) is 3. The minimum atomic E-state index is -0.717. The van der Waals surface area contributed by atoms with Crippen molar-refractivity contribution in [3.8, 4) is 0 Å². The van der Waals surface area contributed by atoms with Gasteiger partial charge in [0.25, 0.3) is 5.91 Å². The van der Waals surface area contributed by atoms with E-state index in [9.17, 15) is 14.0 Å². The number of carbonyl (C=O) groups excluding carboxylic acids is 2. The first-order valence-electron chi connectivity index (χ1n) is 8.56. The zero-order valence-electron chi connectivity index (χ0n) is 15.5. The SMILES string of the molecule is CSCCC(NC(=O)c1ccc(Cl)cc1Cl)C(=O)N(C)Cc1cccc(F)c1. The summed E-state index contributed by atoms with van der Waals surface area (Å²) in [4.78, 5) is 27.0. The lowest BCUT2D eigenvalue weighted by molar-refractivity contribution is -0.132. The van der Waals surface area contributed by atoms with Crippen LogP contribution in [0.3, 0.4) is 0 Å². The van der Waals surface area contributed by atoms with Gasteiger partial charge < -0.3 is 10.2 Å². The second-order valence-corrected chi connectivity index (χ2v) is 8.09. The molecule has 1 unspecified atom stereocenters. The molecule has 2 amide bonds. The van der Waals surface area contributed by atoms with Gasteiger partial charge in [-0.2, -0.15) is 11.8 Å². The average molecular weight is 443 g/mol. The Morgan fingerprint density at radius 2 is 1.96 bits per heavy atom. The number of nitrogens with one attached hydrogen (secondary N) is 1. The van der Waals surface area contributed by atoms with E-state index in [0.717, 1.165) is 0 Å². The monoisotopic (exact) mass is 442 g/mol. The molecule has 28 heavy (non-hydrogen) atoms. The van der Waals surface area contributed by atoms with Gasteiger partial charge in [-0.05, 0) is 54.3 Å². The lowest BCUT2D eigenvalue weighted by atomic mass is 10.1. The van der Waals surface area contributed by atoms with Crippen LogP contribution in [0.2, 0.25) is 10.0 Å². The minimum absolute atomic E-state index is 0.217. The van der Waals surface area contributed by atoms with Gasteiger partial charge in [0.1, 0.15) is 11.9 Å². The van der Waals surface area contributed by atoms with Crippen LogP contribution in [0, 0.1) is 5.82 Å². The van der Waals surface area contributed by atoms with Crippen LogP contribution in [0.5, 0.6) is 0 Å². The quantitative estimate of drug-likeness (QED) is 0.647. The maximum absolute atomic E-state index is 13.4. The van der Waals surface area contributed by atoms with Crippen molar-refractivity contribution in [1.82, 2.24) is 10.2 Å². The first kappa shape index (κ1) is 22.5. The summed E-state index contributed by atoms with van der Waals surface area (Å²) in [5.41, 5.74) is 0.923. The molecule has 0 fully saturated rings. The van der Waals surface area contributed by atoms with Crippen LogP contribution in [0.25, 0.3) is 0 Å². The van der Waals surface area contributed by atoms with Gasteiger partial charge in [-0.25, -0.2) is 4.39 Å². The van der Waals surface area contributed by atoms with Crippen molar-refractivity contribution in [1.29, 1.82) is 0 Å². The second-order valence-electron chi connectivity index (χ2n) is 6.26. The Kier molecular flexibility index (Phi) is 8.60. The average Bonchev–Trinajstić information content (AvgIpc) is 2.64. The number of carbonyl (C=O) groups is 2.